The SMILES string of the molecule is CC(C)Cn1c(CBr)nnc1C1CCC(C)CC1. The second-order valence-electron chi connectivity index (χ2n) is 6.07. The molecule has 0 amide bonds. The number of hydrogen-bond donors (Lipinski definition) is 0. The van der Waals surface area contributed by atoms with E-state index in [1.165, 1.54) is 31.5 Å². The Morgan fingerprint density at radius 1 is 1.22 bits per heavy atom. The second-order valence-corrected chi connectivity index (χ2v) is 6.63. The van der Waals surface area contributed by atoms with Gasteiger partial charge in [-0.3, -0.25) is 0 Å². The minimum Gasteiger partial charge on any atom is -0.314 e. The molecule has 1 aromatic rings. The molecule has 0 unspecified atom stereocenters. The molecule has 0 spiro atoms. The van der Waals surface area contributed by atoms with Gasteiger partial charge in [-0.25, -0.2) is 0 Å². The van der Waals surface area contributed by atoms with E-state index >= 15 is 0 Å². The molecule has 1 saturated carbocycles. The van der Waals surface area contributed by atoms with Crippen LogP contribution in [-0.2, 0) is 11.9 Å². The summed E-state index contributed by atoms with van der Waals surface area (Å²) in [7, 11) is 0. The molecule has 0 aromatic carbocycles. The maximum Gasteiger partial charge on any atom is 0.143 e. The molecule has 1 fully saturated rings. The van der Waals surface area contributed by atoms with Crippen LogP contribution in [0.4, 0.5) is 0 Å². The molecule has 0 aliphatic heterocycles. The summed E-state index contributed by atoms with van der Waals surface area (Å²) in [6.07, 6.45) is 5.23. The van der Waals surface area contributed by atoms with Gasteiger partial charge in [-0.05, 0) is 24.7 Å². The highest BCUT2D eigenvalue weighted by molar-refractivity contribution is 9.08. The molecule has 3 nitrogen and oxygen atoms in total. The summed E-state index contributed by atoms with van der Waals surface area (Å²) in [5.41, 5.74) is 0. The average molecular weight is 314 g/mol. The van der Waals surface area contributed by atoms with Crippen LogP contribution >= 0.6 is 15.9 Å². The summed E-state index contributed by atoms with van der Waals surface area (Å²) in [5.74, 6) is 4.46. The lowest BCUT2D eigenvalue weighted by molar-refractivity contribution is 0.329. The van der Waals surface area contributed by atoms with Crippen LogP contribution in [0, 0.1) is 11.8 Å². The lowest BCUT2D eigenvalue weighted by Gasteiger charge is -2.26. The molecule has 4 heteroatoms. The van der Waals surface area contributed by atoms with Crippen LogP contribution in [-0.4, -0.2) is 14.8 Å². The van der Waals surface area contributed by atoms with E-state index in [4.69, 9.17) is 0 Å². The molecular weight excluding hydrogens is 290 g/mol. The van der Waals surface area contributed by atoms with Gasteiger partial charge in [0, 0.05) is 12.5 Å². The van der Waals surface area contributed by atoms with Gasteiger partial charge < -0.3 is 4.57 Å². The monoisotopic (exact) mass is 313 g/mol. The fourth-order valence-corrected chi connectivity index (χ4v) is 3.25. The van der Waals surface area contributed by atoms with Gasteiger partial charge in [0.15, 0.2) is 0 Å². The quantitative estimate of drug-likeness (QED) is 0.783. The van der Waals surface area contributed by atoms with Gasteiger partial charge in [-0.2, -0.15) is 0 Å². The third-order valence-corrected chi connectivity index (χ3v) is 4.41. The van der Waals surface area contributed by atoms with Crippen LogP contribution in [0.5, 0.6) is 0 Å². The van der Waals surface area contributed by atoms with Crippen molar-refractivity contribution >= 4 is 15.9 Å². The molecule has 1 aliphatic rings. The molecule has 1 aliphatic carbocycles. The van der Waals surface area contributed by atoms with Crippen LogP contribution in [0.25, 0.3) is 0 Å². The summed E-state index contributed by atoms with van der Waals surface area (Å²) < 4.78 is 2.35. The number of hydrogen-bond acceptors (Lipinski definition) is 2. The summed E-state index contributed by atoms with van der Waals surface area (Å²) in [6.45, 7) is 7.91. The lowest BCUT2D eigenvalue weighted by atomic mass is 9.82. The standard InChI is InChI=1S/C14H24BrN3/c1-10(2)9-18-13(8-15)16-17-14(18)12-6-4-11(3)5-7-12/h10-12H,4-9H2,1-3H3. The Balaban J connectivity index is 2.18. The zero-order chi connectivity index (χ0) is 13.1. The lowest BCUT2D eigenvalue weighted by Crippen LogP contribution is -2.18. The van der Waals surface area contributed by atoms with Gasteiger partial charge in [0.25, 0.3) is 0 Å². The van der Waals surface area contributed by atoms with Gasteiger partial charge in [0.05, 0.1) is 5.33 Å². The van der Waals surface area contributed by atoms with Gasteiger partial charge in [-0.1, -0.05) is 49.5 Å². The first-order valence-corrected chi connectivity index (χ1v) is 8.21. The Morgan fingerprint density at radius 2 is 1.89 bits per heavy atom. The van der Waals surface area contributed by atoms with Gasteiger partial charge in [-0.15, -0.1) is 10.2 Å². The normalized spacial score (nSPS) is 24.7. The molecule has 0 atom stereocenters. The summed E-state index contributed by atoms with van der Waals surface area (Å²) in [6, 6.07) is 0. The average Bonchev–Trinajstić information content (AvgIpc) is 2.72. The Hall–Kier alpha value is -0.380. The van der Waals surface area contributed by atoms with Crippen molar-refractivity contribution in [2.45, 2.75) is 64.2 Å². The van der Waals surface area contributed by atoms with E-state index in [2.05, 4.69) is 51.5 Å². The Morgan fingerprint density at radius 3 is 2.44 bits per heavy atom. The number of halogens is 1. The Kier molecular flexibility index (Phi) is 4.82. The van der Waals surface area contributed by atoms with Crippen molar-refractivity contribution in [3.05, 3.63) is 11.6 Å². The predicted octanol–water partition coefficient (Wildman–Crippen LogP) is 4.12. The maximum absolute atomic E-state index is 4.47. The Bertz CT molecular complexity index is 378. The first-order valence-electron chi connectivity index (χ1n) is 7.09. The molecule has 0 radical (unpaired) electrons. The van der Waals surface area contributed by atoms with Crippen molar-refractivity contribution < 1.29 is 0 Å². The van der Waals surface area contributed by atoms with Crippen molar-refractivity contribution in [2.24, 2.45) is 11.8 Å². The number of nitrogens with zero attached hydrogens (tertiary/aromatic N) is 3. The minimum atomic E-state index is 0.625. The number of rotatable bonds is 4. The van der Waals surface area contributed by atoms with Crippen LogP contribution in [0.15, 0.2) is 0 Å². The maximum atomic E-state index is 4.47. The molecule has 1 aromatic heterocycles. The molecule has 0 saturated heterocycles. The fraction of sp³-hybridized carbons (Fsp3) is 0.857. The molecular formula is C14H24BrN3. The summed E-state index contributed by atoms with van der Waals surface area (Å²) in [5, 5.41) is 9.62. The van der Waals surface area contributed by atoms with Crippen molar-refractivity contribution in [3.63, 3.8) is 0 Å². The van der Waals surface area contributed by atoms with Crippen molar-refractivity contribution in [1.82, 2.24) is 14.8 Å². The van der Waals surface area contributed by atoms with E-state index in [9.17, 15) is 0 Å². The third-order valence-electron chi connectivity index (χ3n) is 3.90. The highest BCUT2D eigenvalue weighted by Crippen LogP contribution is 2.35. The zero-order valence-corrected chi connectivity index (χ0v) is 13.3. The zero-order valence-electron chi connectivity index (χ0n) is 11.7. The van der Waals surface area contributed by atoms with E-state index < -0.39 is 0 Å². The molecule has 102 valence electrons. The largest absolute Gasteiger partial charge is 0.314 e. The number of aromatic nitrogens is 3. The van der Waals surface area contributed by atoms with Gasteiger partial charge in [0.2, 0.25) is 0 Å². The third kappa shape index (κ3) is 3.14. The van der Waals surface area contributed by atoms with Gasteiger partial charge in [0.1, 0.15) is 11.6 Å². The molecule has 2 rings (SSSR count). The van der Waals surface area contributed by atoms with E-state index in [1.54, 1.807) is 0 Å². The van der Waals surface area contributed by atoms with E-state index in [0.717, 1.165) is 23.6 Å². The highest BCUT2D eigenvalue weighted by Gasteiger charge is 2.25. The Labute approximate surface area is 118 Å². The van der Waals surface area contributed by atoms with E-state index in [1.807, 2.05) is 0 Å². The molecule has 18 heavy (non-hydrogen) atoms. The van der Waals surface area contributed by atoms with Crippen LogP contribution < -0.4 is 0 Å². The second kappa shape index (κ2) is 6.18. The highest BCUT2D eigenvalue weighted by atomic mass is 79.9. The van der Waals surface area contributed by atoms with E-state index in [0.29, 0.717) is 11.8 Å². The van der Waals surface area contributed by atoms with Gasteiger partial charge >= 0.3 is 0 Å². The number of alkyl halides is 1. The van der Waals surface area contributed by atoms with Crippen LogP contribution in [0.1, 0.15) is 64.0 Å². The molecule has 1 heterocycles. The van der Waals surface area contributed by atoms with Crippen molar-refractivity contribution in [3.8, 4) is 0 Å². The first-order chi connectivity index (χ1) is 8.61. The van der Waals surface area contributed by atoms with Crippen LogP contribution in [0.3, 0.4) is 0 Å². The topological polar surface area (TPSA) is 30.7 Å². The first kappa shape index (κ1) is 14.0. The van der Waals surface area contributed by atoms with Crippen LogP contribution in [0.2, 0.25) is 0 Å². The summed E-state index contributed by atoms with van der Waals surface area (Å²) in [4.78, 5) is 0. The smallest absolute Gasteiger partial charge is 0.143 e. The predicted molar refractivity (Wildman–Crippen MR) is 77.9 cm³/mol. The summed E-state index contributed by atoms with van der Waals surface area (Å²) >= 11 is 3.52. The minimum absolute atomic E-state index is 0.625. The molecule has 0 bridgehead atoms. The van der Waals surface area contributed by atoms with Crippen molar-refractivity contribution in [2.75, 3.05) is 0 Å². The van der Waals surface area contributed by atoms with E-state index in [-0.39, 0.29) is 0 Å². The van der Waals surface area contributed by atoms with Crippen molar-refractivity contribution in [1.29, 1.82) is 0 Å². The fourth-order valence-electron chi connectivity index (χ4n) is 2.83. The molecule has 0 N–H and O–H groups in total.